The molecule has 0 unspecified atom stereocenters. The van der Waals surface area contributed by atoms with Gasteiger partial charge >= 0.3 is 0 Å². The highest BCUT2D eigenvalue weighted by molar-refractivity contribution is 7.89. The predicted octanol–water partition coefficient (Wildman–Crippen LogP) is 1.79. The predicted molar refractivity (Wildman–Crippen MR) is 67.5 cm³/mol. The van der Waals surface area contributed by atoms with Gasteiger partial charge in [-0.3, -0.25) is 0 Å². The molecule has 1 aromatic heterocycles. The van der Waals surface area contributed by atoms with Gasteiger partial charge in [-0.15, -0.1) is 11.3 Å². The van der Waals surface area contributed by atoms with Gasteiger partial charge in [0.1, 0.15) is 0 Å². The van der Waals surface area contributed by atoms with Crippen molar-refractivity contribution in [3.8, 4) is 0 Å². The number of hydrogen-bond donors (Lipinski definition) is 2. The van der Waals surface area contributed by atoms with Crippen LogP contribution >= 0.6 is 11.3 Å². The highest BCUT2D eigenvalue weighted by Gasteiger charge is 2.20. The summed E-state index contributed by atoms with van der Waals surface area (Å²) in [5.41, 5.74) is 0. The molecular weight excluding hydrogens is 282 g/mol. The van der Waals surface area contributed by atoms with E-state index >= 15 is 0 Å². The van der Waals surface area contributed by atoms with E-state index in [4.69, 9.17) is 0 Å². The van der Waals surface area contributed by atoms with Crippen molar-refractivity contribution in [2.75, 3.05) is 6.54 Å². The molecule has 0 atom stereocenters. The maximum atomic E-state index is 12.0. The molecule has 0 amide bonds. The van der Waals surface area contributed by atoms with Crippen LogP contribution in [0.2, 0.25) is 0 Å². The lowest BCUT2D eigenvalue weighted by atomic mass is 10.4. The number of nitrogens with one attached hydrogen (secondary N) is 2. The molecule has 104 valence electrons. The molecule has 1 rings (SSSR count). The van der Waals surface area contributed by atoms with Crippen molar-refractivity contribution in [3.63, 3.8) is 0 Å². The first kappa shape index (κ1) is 15.5. The van der Waals surface area contributed by atoms with Crippen molar-refractivity contribution >= 4 is 21.4 Å². The van der Waals surface area contributed by atoms with Crippen LogP contribution < -0.4 is 10.0 Å². The number of thiophene rings is 1. The largest absolute Gasteiger partial charge is 0.310 e. The van der Waals surface area contributed by atoms with Crippen LogP contribution in [0.15, 0.2) is 16.3 Å². The average Bonchev–Trinajstić information content (AvgIpc) is 2.72. The number of rotatable bonds is 7. The van der Waals surface area contributed by atoms with E-state index < -0.39 is 23.0 Å². The van der Waals surface area contributed by atoms with Gasteiger partial charge in [0.2, 0.25) is 10.0 Å². The van der Waals surface area contributed by atoms with E-state index in [9.17, 15) is 17.2 Å². The van der Waals surface area contributed by atoms with E-state index in [0.29, 0.717) is 11.4 Å². The zero-order valence-corrected chi connectivity index (χ0v) is 11.7. The van der Waals surface area contributed by atoms with Crippen LogP contribution in [-0.2, 0) is 16.6 Å². The summed E-state index contributed by atoms with van der Waals surface area (Å²) < 4.78 is 49.5. The molecule has 0 saturated carbocycles. The molecule has 8 heteroatoms. The lowest BCUT2D eigenvalue weighted by molar-refractivity contribution is 0.153. The van der Waals surface area contributed by atoms with Crippen LogP contribution in [0.3, 0.4) is 0 Å². The third-order valence-corrected chi connectivity index (χ3v) is 4.65. The Morgan fingerprint density at radius 2 is 2.06 bits per heavy atom. The zero-order chi connectivity index (χ0) is 13.8. The van der Waals surface area contributed by atoms with Gasteiger partial charge in [0, 0.05) is 17.5 Å². The second-order valence-corrected chi connectivity index (χ2v) is 6.72. The Morgan fingerprint density at radius 3 is 2.61 bits per heavy atom. The van der Waals surface area contributed by atoms with Crippen molar-refractivity contribution in [1.29, 1.82) is 0 Å². The van der Waals surface area contributed by atoms with Gasteiger partial charge in [-0.25, -0.2) is 21.9 Å². The Balaban J connectivity index is 2.79. The van der Waals surface area contributed by atoms with E-state index in [0.717, 1.165) is 0 Å². The van der Waals surface area contributed by atoms with E-state index in [1.807, 2.05) is 18.6 Å². The monoisotopic (exact) mass is 298 g/mol. The van der Waals surface area contributed by atoms with E-state index in [-0.39, 0.29) is 10.9 Å². The van der Waals surface area contributed by atoms with Gasteiger partial charge in [-0.05, 0) is 11.4 Å². The topological polar surface area (TPSA) is 58.2 Å². The molecule has 0 aliphatic rings. The summed E-state index contributed by atoms with van der Waals surface area (Å²) in [7, 11) is -3.85. The molecular formula is C10H16F2N2O2S2. The Hall–Kier alpha value is -0.570. The first-order valence-corrected chi connectivity index (χ1v) is 7.76. The molecule has 0 aliphatic carbocycles. The van der Waals surface area contributed by atoms with Crippen LogP contribution in [0.4, 0.5) is 8.78 Å². The second-order valence-electron chi connectivity index (χ2n) is 3.99. The third-order valence-electron chi connectivity index (χ3n) is 2.09. The average molecular weight is 298 g/mol. The number of alkyl halides is 2. The fourth-order valence-corrected chi connectivity index (χ4v) is 3.64. The van der Waals surface area contributed by atoms with Gasteiger partial charge in [0.05, 0.1) is 11.4 Å². The Labute approximate surface area is 109 Å². The molecule has 0 saturated heterocycles. The van der Waals surface area contributed by atoms with Crippen molar-refractivity contribution in [2.45, 2.75) is 37.8 Å². The maximum absolute atomic E-state index is 12.0. The lowest BCUT2D eigenvalue weighted by Crippen LogP contribution is -2.30. The van der Waals surface area contributed by atoms with Crippen LogP contribution in [0.25, 0.3) is 0 Å². The summed E-state index contributed by atoms with van der Waals surface area (Å²) in [4.78, 5) is 0.687. The third kappa shape index (κ3) is 4.60. The molecule has 4 nitrogen and oxygen atoms in total. The first-order valence-electron chi connectivity index (χ1n) is 5.40. The number of halogens is 2. The number of sulfonamides is 1. The Kier molecular flexibility index (Phi) is 5.64. The molecule has 0 fully saturated rings. The minimum atomic E-state index is -3.85. The standard InChI is InChI=1S/C10H16F2N2O2S2/c1-7(2)13-5-8-9(3-4-17-8)18(15,16)14-6-10(11)12/h3-4,7,10,13-14H,5-6H2,1-2H3. The Bertz CT molecular complexity index is 472. The van der Waals surface area contributed by atoms with Crippen molar-refractivity contribution in [3.05, 3.63) is 16.3 Å². The van der Waals surface area contributed by atoms with Gasteiger partial charge in [0.25, 0.3) is 6.43 Å². The van der Waals surface area contributed by atoms with Gasteiger partial charge in [-0.1, -0.05) is 13.8 Å². The zero-order valence-electron chi connectivity index (χ0n) is 10.1. The van der Waals surface area contributed by atoms with Crippen molar-refractivity contribution in [1.82, 2.24) is 10.0 Å². The second kappa shape index (κ2) is 6.55. The first-order chi connectivity index (χ1) is 8.33. The molecule has 0 bridgehead atoms. The number of hydrogen-bond acceptors (Lipinski definition) is 4. The molecule has 2 N–H and O–H groups in total. The van der Waals surface area contributed by atoms with Gasteiger partial charge in [-0.2, -0.15) is 0 Å². The molecule has 0 aliphatic heterocycles. The minimum Gasteiger partial charge on any atom is -0.310 e. The van der Waals surface area contributed by atoms with E-state index in [1.165, 1.54) is 17.4 Å². The van der Waals surface area contributed by atoms with Crippen molar-refractivity contribution < 1.29 is 17.2 Å². The SMILES string of the molecule is CC(C)NCc1sccc1S(=O)(=O)NCC(F)F. The summed E-state index contributed by atoms with van der Waals surface area (Å²) in [6, 6.07) is 1.65. The van der Waals surface area contributed by atoms with Crippen molar-refractivity contribution in [2.24, 2.45) is 0 Å². The molecule has 0 radical (unpaired) electrons. The fourth-order valence-electron chi connectivity index (χ4n) is 1.24. The highest BCUT2D eigenvalue weighted by Crippen LogP contribution is 2.21. The summed E-state index contributed by atoms with van der Waals surface area (Å²) in [6.07, 6.45) is -2.70. The van der Waals surface area contributed by atoms with Gasteiger partial charge in [0.15, 0.2) is 0 Å². The summed E-state index contributed by atoms with van der Waals surface area (Å²) in [6.45, 7) is 3.42. The quantitative estimate of drug-likeness (QED) is 0.807. The summed E-state index contributed by atoms with van der Waals surface area (Å²) in [5, 5.41) is 4.73. The summed E-state index contributed by atoms with van der Waals surface area (Å²) in [5.74, 6) is 0. The smallest absolute Gasteiger partial charge is 0.251 e. The van der Waals surface area contributed by atoms with E-state index in [1.54, 1.807) is 5.38 Å². The maximum Gasteiger partial charge on any atom is 0.251 e. The van der Waals surface area contributed by atoms with Gasteiger partial charge < -0.3 is 5.32 Å². The van der Waals surface area contributed by atoms with E-state index in [2.05, 4.69) is 5.32 Å². The molecule has 0 spiro atoms. The van der Waals surface area contributed by atoms with Crippen LogP contribution in [0.5, 0.6) is 0 Å². The molecule has 1 aromatic rings. The van der Waals surface area contributed by atoms with Crippen LogP contribution in [0, 0.1) is 0 Å². The fraction of sp³-hybridized carbons (Fsp3) is 0.600. The minimum absolute atomic E-state index is 0.0706. The van der Waals surface area contributed by atoms with Crippen LogP contribution in [0.1, 0.15) is 18.7 Å². The Morgan fingerprint density at radius 1 is 1.39 bits per heavy atom. The summed E-state index contributed by atoms with van der Waals surface area (Å²) >= 11 is 1.28. The molecule has 1 heterocycles. The normalized spacial score (nSPS) is 12.6. The molecule has 18 heavy (non-hydrogen) atoms. The highest BCUT2D eigenvalue weighted by atomic mass is 32.2. The molecule has 0 aromatic carbocycles. The van der Waals surface area contributed by atoms with Crippen LogP contribution in [-0.4, -0.2) is 27.4 Å². The lowest BCUT2D eigenvalue weighted by Gasteiger charge is -2.10.